The van der Waals surface area contributed by atoms with Crippen molar-refractivity contribution in [2.45, 2.75) is 65.7 Å². The van der Waals surface area contributed by atoms with Crippen molar-refractivity contribution in [3.05, 3.63) is 53.1 Å². The molecule has 1 aliphatic carbocycles. The number of phenols is 1. The molecule has 1 saturated carbocycles. The number of hydrogen-bond acceptors (Lipinski definition) is 5. The lowest BCUT2D eigenvalue weighted by Gasteiger charge is -2.14. The maximum Gasteiger partial charge on any atom is 0.335 e. The lowest BCUT2D eigenvalue weighted by Crippen LogP contribution is -2.08. The summed E-state index contributed by atoms with van der Waals surface area (Å²) in [6.45, 7) is 6.66. The number of carboxylic acid groups (broad SMARTS) is 1. The molecule has 0 amide bonds. The van der Waals surface area contributed by atoms with E-state index in [2.05, 4.69) is 0 Å². The number of rotatable bonds is 11. The maximum absolute atomic E-state index is 12.5. The minimum Gasteiger partial charge on any atom is -0.507 e. The van der Waals surface area contributed by atoms with E-state index in [4.69, 9.17) is 14.6 Å². The minimum absolute atomic E-state index is 0.00293. The first kappa shape index (κ1) is 26.2. The van der Waals surface area contributed by atoms with Crippen molar-refractivity contribution in [1.82, 2.24) is 0 Å². The average Bonchev–Trinajstić information content (AvgIpc) is 3.33. The zero-order valence-corrected chi connectivity index (χ0v) is 19.9. The molecule has 0 heterocycles. The number of hydrogen-bond donors (Lipinski definition) is 2. The van der Waals surface area contributed by atoms with E-state index in [0.717, 1.165) is 25.7 Å². The SMILES string of the molecule is CC.Cc1c(OCCCCOc2cccc(C(=O)O)c2)ccc(C(=O)CC2CCCC2)c1O. The van der Waals surface area contributed by atoms with Gasteiger partial charge in [-0.25, -0.2) is 4.79 Å². The van der Waals surface area contributed by atoms with Gasteiger partial charge in [-0.05, 0) is 56.0 Å². The summed E-state index contributed by atoms with van der Waals surface area (Å²) in [7, 11) is 0. The summed E-state index contributed by atoms with van der Waals surface area (Å²) in [5.41, 5.74) is 1.16. The molecule has 33 heavy (non-hydrogen) atoms. The molecule has 6 nitrogen and oxygen atoms in total. The van der Waals surface area contributed by atoms with Crippen molar-refractivity contribution in [3.63, 3.8) is 0 Å². The summed E-state index contributed by atoms with van der Waals surface area (Å²) >= 11 is 0. The van der Waals surface area contributed by atoms with Crippen LogP contribution in [0.25, 0.3) is 0 Å². The Morgan fingerprint density at radius 1 is 1.00 bits per heavy atom. The second kappa shape index (κ2) is 13.5. The molecule has 0 spiro atoms. The summed E-state index contributed by atoms with van der Waals surface area (Å²) in [5.74, 6) is 0.579. The molecule has 0 bridgehead atoms. The molecular formula is C27H36O6. The second-order valence-electron chi connectivity index (χ2n) is 8.10. The van der Waals surface area contributed by atoms with E-state index < -0.39 is 5.97 Å². The van der Waals surface area contributed by atoms with Gasteiger partial charge in [-0.1, -0.05) is 45.6 Å². The number of aromatic carboxylic acids is 1. The Labute approximate surface area is 196 Å². The lowest BCUT2D eigenvalue weighted by molar-refractivity contribution is 0.0696. The predicted molar refractivity (Wildman–Crippen MR) is 129 cm³/mol. The van der Waals surface area contributed by atoms with E-state index in [1.165, 1.54) is 25.0 Å². The van der Waals surface area contributed by atoms with Crippen LogP contribution in [0.2, 0.25) is 0 Å². The van der Waals surface area contributed by atoms with Gasteiger partial charge < -0.3 is 19.7 Å². The third-order valence-electron chi connectivity index (χ3n) is 5.78. The molecule has 0 aromatic heterocycles. The Morgan fingerprint density at radius 3 is 2.33 bits per heavy atom. The Hall–Kier alpha value is -3.02. The van der Waals surface area contributed by atoms with E-state index in [0.29, 0.717) is 48.2 Å². The number of unbranched alkanes of at least 4 members (excludes halogenated alkanes) is 1. The Balaban J connectivity index is 0.00000187. The van der Waals surface area contributed by atoms with Crippen LogP contribution in [0.1, 0.15) is 85.1 Å². The molecular weight excluding hydrogens is 420 g/mol. The van der Waals surface area contributed by atoms with Crippen molar-refractivity contribution in [3.8, 4) is 17.2 Å². The van der Waals surface area contributed by atoms with Crippen molar-refractivity contribution in [2.75, 3.05) is 13.2 Å². The van der Waals surface area contributed by atoms with E-state index in [-0.39, 0.29) is 17.1 Å². The molecule has 0 aliphatic heterocycles. The number of Topliss-reactive ketones (excluding diaryl/α,β-unsaturated/α-hetero) is 1. The molecule has 2 N–H and O–H groups in total. The van der Waals surface area contributed by atoms with E-state index in [9.17, 15) is 14.7 Å². The zero-order valence-electron chi connectivity index (χ0n) is 19.9. The summed E-state index contributed by atoms with van der Waals surface area (Å²) in [4.78, 5) is 23.5. The van der Waals surface area contributed by atoms with Gasteiger partial charge in [0.15, 0.2) is 5.78 Å². The molecule has 3 rings (SSSR count). The molecule has 0 radical (unpaired) electrons. The van der Waals surface area contributed by atoms with Gasteiger partial charge in [-0.15, -0.1) is 0 Å². The van der Waals surface area contributed by atoms with Crippen LogP contribution in [0.4, 0.5) is 0 Å². The van der Waals surface area contributed by atoms with Crippen LogP contribution < -0.4 is 9.47 Å². The van der Waals surface area contributed by atoms with Crippen LogP contribution >= 0.6 is 0 Å². The third kappa shape index (κ3) is 7.81. The number of ketones is 1. The van der Waals surface area contributed by atoms with Crippen molar-refractivity contribution in [1.29, 1.82) is 0 Å². The van der Waals surface area contributed by atoms with Gasteiger partial charge in [0.2, 0.25) is 0 Å². The quantitative estimate of drug-likeness (QED) is 0.299. The smallest absolute Gasteiger partial charge is 0.335 e. The van der Waals surface area contributed by atoms with E-state index in [1.54, 1.807) is 31.2 Å². The largest absolute Gasteiger partial charge is 0.507 e. The second-order valence-corrected chi connectivity index (χ2v) is 8.10. The third-order valence-corrected chi connectivity index (χ3v) is 5.78. The lowest BCUT2D eigenvalue weighted by atomic mass is 9.95. The highest BCUT2D eigenvalue weighted by Gasteiger charge is 2.22. The molecule has 2 aromatic carbocycles. The maximum atomic E-state index is 12.5. The van der Waals surface area contributed by atoms with Crippen LogP contribution in [-0.2, 0) is 0 Å². The predicted octanol–water partition coefficient (Wildman–Crippen LogP) is 6.43. The number of benzene rings is 2. The highest BCUT2D eigenvalue weighted by atomic mass is 16.5. The number of carbonyl (C=O) groups excluding carboxylic acids is 1. The molecule has 0 unspecified atom stereocenters. The summed E-state index contributed by atoms with van der Waals surface area (Å²) < 4.78 is 11.4. The van der Waals surface area contributed by atoms with Gasteiger partial charge in [0.25, 0.3) is 0 Å². The topological polar surface area (TPSA) is 93.1 Å². The fraction of sp³-hybridized carbons (Fsp3) is 0.481. The molecule has 2 aromatic rings. The first-order chi connectivity index (χ1) is 16.0. The van der Waals surface area contributed by atoms with Crippen molar-refractivity contribution in [2.24, 2.45) is 5.92 Å². The standard InChI is InChI=1S/C25H30O6.C2H6/c1-17-23(12-11-21(24(17)27)22(26)15-18-7-2-3-8-18)31-14-5-4-13-30-20-10-6-9-19(16-20)25(28)29;1-2/h6,9-12,16,18,27H,2-5,7-8,13-15H2,1H3,(H,28,29);1-2H3. The summed E-state index contributed by atoms with van der Waals surface area (Å²) in [5, 5.41) is 19.5. The highest BCUT2D eigenvalue weighted by Crippen LogP contribution is 2.34. The number of carboxylic acids is 1. The highest BCUT2D eigenvalue weighted by molar-refractivity contribution is 5.99. The molecule has 1 aliphatic rings. The molecule has 180 valence electrons. The first-order valence-corrected chi connectivity index (χ1v) is 11.9. The number of aromatic hydroxyl groups is 1. The van der Waals surface area contributed by atoms with Gasteiger partial charge >= 0.3 is 5.97 Å². The van der Waals surface area contributed by atoms with Gasteiger partial charge in [-0.2, -0.15) is 0 Å². The van der Waals surface area contributed by atoms with Gasteiger partial charge in [0.1, 0.15) is 17.2 Å². The molecule has 0 saturated heterocycles. The van der Waals surface area contributed by atoms with Crippen molar-refractivity contribution >= 4 is 11.8 Å². The first-order valence-electron chi connectivity index (χ1n) is 11.9. The minimum atomic E-state index is -0.983. The summed E-state index contributed by atoms with van der Waals surface area (Å²) in [6, 6.07) is 9.82. The zero-order chi connectivity index (χ0) is 24.2. The number of carbonyl (C=O) groups is 2. The fourth-order valence-corrected chi connectivity index (χ4v) is 3.94. The molecule has 0 atom stereocenters. The van der Waals surface area contributed by atoms with Crippen LogP contribution in [-0.4, -0.2) is 35.2 Å². The molecule has 1 fully saturated rings. The van der Waals surface area contributed by atoms with Crippen LogP contribution in [0, 0.1) is 12.8 Å². The number of ether oxygens (including phenoxy) is 2. The van der Waals surface area contributed by atoms with E-state index in [1.807, 2.05) is 13.8 Å². The van der Waals surface area contributed by atoms with Gasteiger partial charge in [-0.3, -0.25) is 4.79 Å². The monoisotopic (exact) mass is 456 g/mol. The molecule has 6 heteroatoms. The fourth-order valence-electron chi connectivity index (χ4n) is 3.94. The van der Waals surface area contributed by atoms with Gasteiger partial charge in [0, 0.05) is 12.0 Å². The Bertz CT molecular complexity index is 915. The summed E-state index contributed by atoms with van der Waals surface area (Å²) in [6.07, 6.45) is 6.55. The van der Waals surface area contributed by atoms with Crippen molar-refractivity contribution < 1.29 is 29.3 Å². The Morgan fingerprint density at radius 2 is 1.67 bits per heavy atom. The van der Waals surface area contributed by atoms with Crippen LogP contribution in [0.3, 0.4) is 0 Å². The van der Waals surface area contributed by atoms with Crippen LogP contribution in [0.15, 0.2) is 36.4 Å². The normalized spacial score (nSPS) is 13.2. The van der Waals surface area contributed by atoms with Crippen LogP contribution in [0.5, 0.6) is 17.2 Å². The van der Waals surface area contributed by atoms with Gasteiger partial charge in [0.05, 0.1) is 24.3 Å². The van der Waals surface area contributed by atoms with E-state index >= 15 is 0 Å². The average molecular weight is 457 g/mol. The number of phenolic OH excluding ortho intramolecular Hbond substituents is 1. The Kier molecular flexibility index (Phi) is 10.7.